The lowest BCUT2D eigenvalue weighted by atomic mass is 10.4. The maximum Gasteiger partial charge on any atom is 0.223 e. The zero-order valence-corrected chi connectivity index (χ0v) is 8.84. The number of nitrogens with one attached hydrogen (secondary N) is 1. The second kappa shape index (κ2) is 4.56. The van der Waals surface area contributed by atoms with Crippen LogP contribution in [0.4, 0.5) is 11.8 Å². The van der Waals surface area contributed by atoms with Crippen molar-refractivity contribution in [3.8, 4) is 0 Å². The van der Waals surface area contributed by atoms with Gasteiger partial charge in [0.25, 0.3) is 0 Å². The monoisotopic (exact) mass is 220 g/mol. The topological polar surface area (TPSA) is 103 Å². The van der Waals surface area contributed by atoms with Crippen LogP contribution in [0.3, 0.4) is 0 Å². The molecule has 2 rings (SSSR count). The molecule has 3 N–H and O–H groups in total. The van der Waals surface area contributed by atoms with E-state index in [1.54, 1.807) is 19.2 Å². The van der Waals surface area contributed by atoms with Crippen molar-refractivity contribution in [3.63, 3.8) is 0 Å². The third-order valence-corrected chi connectivity index (χ3v) is 1.90. The number of nitrogens with two attached hydrogens (primary N) is 1. The van der Waals surface area contributed by atoms with Gasteiger partial charge < -0.3 is 15.6 Å². The van der Waals surface area contributed by atoms with E-state index in [4.69, 9.17) is 10.3 Å². The van der Waals surface area contributed by atoms with Gasteiger partial charge in [-0.3, -0.25) is 0 Å². The van der Waals surface area contributed by atoms with Crippen LogP contribution in [0.25, 0.3) is 0 Å². The summed E-state index contributed by atoms with van der Waals surface area (Å²) in [5, 5.41) is 6.87. The minimum Gasteiger partial charge on any atom is -0.369 e. The van der Waals surface area contributed by atoms with Crippen LogP contribution >= 0.6 is 0 Å². The zero-order chi connectivity index (χ0) is 11.4. The van der Waals surface area contributed by atoms with E-state index < -0.39 is 0 Å². The first-order chi connectivity index (χ1) is 7.74. The van der Waals surface area contributed by atoms with Gasteiger partial charge in [0.15, 0.2) is 5.82 Å². The molecule has 84 valence electrons. The number of rotatable bonds is 4. The Labute approximate surface area is 92.1 Å². The van der Waals surface area contributed by atoms with Crippen LogP contribution in [0, 0.1) is 6.92 Å². The van der Waals surface area contributed by atoms with Gasteiger partial charge in [-0.15, -0.1) is 0 Å². The number of nitrogens with zero attached hydrogens (tertiary/aromatic N) is 4. The van der Waals surface area contributed by atoms with Crippen molar-refractivity contribution < 1.29 is 4.52 Å². The molecule has 0 aromatic carbocycles. The number of hydrogen-bond acceptors (Lipinski definition) is 7. The van der Waals surface area contributed by atoms with Crippen molar-refractivity contribution in [2.45, 2.75) is 13.3 Å². The molecule has 0 aliphatic carbocycles. The Morgan fingerprint density at radius 1 is 1.44 bits per heavy atom. The Bertz CT molecular complexity index is 469. The number of hydrogen-bond donors (Lipinski definition) is 2. The van der Waals surface area contributed by atoms with Gasteiger partial charge in [0.1, 0.15) is 5.82 Å². The van der Waals surface area contributed by atoms with Crippen LogP contribution in [-0.4, -0.2) is 26.7 Å². The smallest absolute Gasteiger partial charge is 0.223 e. The van der Waals surface area contributed by atoms with E-state index in [-0.39, 0.29) is 5.95 Å². The summed E-state index contributed by atoms with van der Waals surface area (Å²) in [5.74, 6) is 2.18. The molecule has 0 aliphatic rings. The summed E-state index contributed by atoms with van der Waals surface area (Å²) < 4.78 is 4.85. The summed E-state index contributed by atoms with van der Waals surface area (Å²) in [6, 6.07) is 1.75. The molecule has 0 saturated heterocycles. The lowest BCUT2D eigenvalue weighted by molar-refractivity contribution is 0.387. The second-order valence-electron chi connectivity index (χ2n) is 3.21. The Kier molecular flexibility index (Phi) is 2.95. The minimum atomic E-state index is 0.250. The lowest BCUT2D eigenvalue weighted by Crippen LogP contribution is -2.08. The molecule has 7 nitrogen and oxygen atoms in total. The van der Waals surface area contributed by atoms with Gasteiger partial charge in [-0.05, 0) is 6.07 Å². The zero-order valence-electron chi connectivity index (χ0n) is 8.84. The van der Waals surface area contributed by atoms with Crippen LogP contribution in [0.15, 0.2) is 16.8 Å². The molecule has 7 heteroatoms. The van der Waals surface area contributed by atoms with Crippen molar-refractivity contribution in [1.29, 1.82) is 0 Å². The average molecular weight is 220 g/mol. The van der Waals surface area contributed by atoms with Crippen molar-refractivity contribution in [2.24, 2.45) is 0 Å². The molecule has 0 unspecified atom stereocenters. The number of aryl methyl sites for hydroxylation is 1. The van der Waals surface area contributed by atoms with Crippen LogP contribution in [-0.2, 0) is 6.42 Å². The fourth-order valence-electron chi connectivity index (χ4n) is 1.22. The van der Waals surface area contributed by atoms with Gasteiger partial charge in [-0.1, -0.05) is 5.16 Å². The summed E-state index contributed by atoms with van der Waals surface area (Å²) in [5.41, 5.74) is 5.44. The molecular weight excluding hydrogens is 208 g/mol. The van der Waals surface area contributed by atoms with E-state index in [0.717, 1.165) is 0 Å². The van der Waals surface area contributed by atoms with E-state index in [1.165, 1.54) is 0 Å². The Balaban J connectivity index is 1.84. The normalized spacial score (nSPS) is 10.3. The Hall–Kier alpha value is -2.18. The van der Waals surface area contributed by atoms with Gasteiger partial charge in [-0.2, -0.15) is 9.97 Å². The maximum atomic E-state index is 5.44. The van der Waals surface area contributed by atoms with Gasteiger partial charge in [0.2, 0.25) is 11.8 Å². The van der Waals surface area contributed by atoms with Crippen molar-refractivity contribution in [2.75, 3.05) is 17.6 Å². The third kappa shape index (κ3) is 2.66. The van der Waals surface area contributed by atoms with E-state index >= 15 is 0 Å². The van der Waals surface area contributed by atoms with Crippen molar-refractivity contribution in [1.82, 2.24) is 20.1 Å². The first-order valence-electron chi connectivity index (χ1n) is 4.85. The van der Waals surface area contributed by atoms with Gasteiger partial charge in [0, 0.05) is 26.1 Å². The Morgan fingerprint density at radius 3 is 3.00 bits per heavy atom. The van der Waals surface area contributed by atoms with E-state index in [9.17, 15) is 0 Å². The highest BCUT2D eigenvalue weighted by Crippen LogP contribution is 2.03. The van der Waals surface area contributed by atoms with E-state index in [0.29, 0.717) is 30.5 Å². The van der Waals surface area contributed by atoms with Gasteiger partial charge in [0.05, 0.1) is 0 Å². The highest BCUT2D eigenvalue weighted by atomic mass is 16.5. The van der Waals surface area contributed by atoms with E-state index in [1.807, 2.05) is 0 Å². The largest absolute Gasteiger partial charge is 0.369 e. The summed E-state index contributed by atoms with van der Waals surface area (Å²) in [7, 11) is 0. The molecule has 0 radical (unpaired) electrons. The molecule has 0 atom stereocenters. The standard InChI is InChI=1S/C9H12N6O/c1-6-13-8(15-16-6)3-4-11-7-2-5-12-9(10)14-7/h2,5H,3-4H2,1H3,(H3,10,11,12,14). The molecule has 0 amide bonds. The average Bonchev–Trinajstić information content (AvgIpc) is 2.64. The quantitative estimate of drug-likeness (QED) is 0.768. The predicted molar refractivity (Wildman–Crippen MR) is 57.7 cm³/mol. The number of anilines is 2. The molecule has 0 spiro atoms. The minimum absolute atomic E-state index is 0.250. The Morgan fingerprint density at radius 2 is 2.31 bits per heavy atom. The highest BCUT2D eigenvalue weighted by molar-refractivity contribution is 5.37. The van der Waals surface area contributed by atoms with Crippen LogP contribution in [0.2, 0.25) is 0 Å². The van der Waals surface area contributed by atoms with Crippen molar-refractivity contribution >= 4 is 11.8 Å². The third-order valence-electron chi connectivity index (χ3n) is 1.90. The van der Waals surface area contributed by atoms with Crippen LogP contribution in [0.1, 0.15) is 11.7 Å². The van der Waals surface area contributed by atoms with Crippen molar-refractivity contribution in [3.05, 3.63) is 24.0 Å². The molecule has 2 aromatic rings. The predicted octanol–water partition coefficient (Wildman–Crippen LogP) is 0.405. The SMILES string of the molecule is Cc1nc(CCNc2ccnc(N)n2)no1. The number of nitrogen functional groups attached to an aromatic ring is 1. The molecule has 0 saturated carbocycles. The second-order valence-corrected chi connectivity index (χ2v) is 3.21. The first kappa shape index (κ1) is 10.3. The van der Waals surface area contributed by atoms with Gasteiger partial charge >= 0.3 is 0 Å². The van der Waals surface area contributed by atoms with Gasteiger partial charge in [-0.25, -0.2) is 4.98 Å². The van der Waals surface area contributed by atoms with Crippen LogP contribution in [0.5, 0.6) is 0 Å². The van der Waals surface area contributed by atoms with E-state index in [2.05, 4.69) is 25.4 Å². The fraction of sp³-hybridized carbons (Fsp3) is 0.333. The number of aromatic nitrogens is 4. The lowest BCUT2D eigenvalue weighted by Gasteiger charge is -2.02. The summed E-state index contributed by atoms with van der Waals surface area (Å²) in [6.07, 6.45) is 2.27. The van der Waals surface area contributed by atoms with Crippen LogP contribution < -0.4 is 11.1 Å². The maximum absolute atomic E-state index is 5.44. The fourth-order valence-corrected chi connectivity index (χ4v) is 1.22. The molecule has 0 bridgehead atoms. The first-order valence-corrected chi connectivity index (χ1v) is 4.85. The molecule has 2 heterocycles. The molecule has 2 aromatic heterocycles. The molecule has 0 aliphatic heterocycles. The summed E-state index contributed by atoms with van der Waals surface area (Å²) in [4.78, 5) is 11.9. The summed E-state index contributed by atoms with van der Waals surface area (Å²) in [6.45, 7) is 2.42. The molecular formula is C9H12N6O. The molecule has 0 fully saturated rings. The highest BCUT2D eigenvalue weighted by Gasteiger charge is 2.01. The summed E-state index contributed by atoms with van der Waals surface area (Å²) >= 11 is 0. The molecule has 16 heavy (non-hydrogen) atoms.